The highest BCUT2D eigenvalue weighted by Gasteiger charge is 2.23. The van der Waals surface area contributed by atoms with Crippen molar-refractivity contribution in [2.24, 2.45) is 0 Å². The normalized spacial score (nSPS) is 17.2. The second-order valence-electron chi connectivity index (χ2n) is 7.13. The van der Waals surface area contributed by atoms with Gasteiger partial charge in [0, 0.05) is 25.7 Å². The van der Waals surface area contributed by atoms with Crippen LogP contribution in [0.2, 0.25) is 0 Å². The molecule has 0 radical (unpaired) electrons. The number of hydrogen-bond donors (Lipinski definition) is 0. The minimum atomic E-state index is 0.595. The number of nitrogens with zero attached hydrogens (tertiary/aromatic N) is 2. The summed E-state index contributed by atoms with van der Waals surface area (Å²) in [5.41, 5.74) is 4.54. The van der Waals surface area contributed by atoms with Crippen molar-refractivity contribution in [1.29, 1.82) is 0 Å². The zero-order chi connectivity index (χ0) is 16.8. The van der Waals surface area contributed by atoms with E-state index in [1.165, 1.54) is 24.8 Å². The standard InChI is InChI=1S/C22H30N2/c1-23(16-15-19-9-4-3-5-10-19)17-18-24(2)22-14-8-12-20-11-6-7-13-21(20)22/h3-7,9-11,13,22H,8,12,14-18H2,1-2H3/t22-/m1/s1. The third-order valence-electron chi connectivity index (χ3n) is 5.33. The maximum atomic E-state index is 2.55. The maximum Gasteiger partial charge on any atom is 0.0348 e. The second kappa shape index (κ2) is 8.46. The molecule has 0 saturated heterocycles. The molecule has 0 aromatic heterocycles. The van der Waals surface area contributed by atoms with E-state index in [2.05, 4.69) is 78.5 Å². The Hall–Kier alpha value is -1.64. The molecule has 0 N–H and O–H groups in total. The number of aryl methyl sites for hydroxylation is 1. The molecule has 128 valence electrons. The molecule has 2 aromatic rings. The van der Waals surface area contributed by atoms with Crippen LogP contribution in [-0.2, 0) is 12.8 Å². The van der Waals surface area contributed by atoms with Gasteiger partial charge in [0.05, 0.1) is 0 Å². The predicted octanol–water partition coefficient (Wildman–Crippen LogP) is 4.17. The first kappa shape index (κ1) is 17.2. The molecule has 0 bridgehead atoms. The highest BCUT2D eigenvalue weighted by molar-refractivity contribution is 5.32. The zero-order valence-electron chi connectivity index (χ0n) is 15.1. The van der Waals surface area contributed by atoms with E-state index >= 15 is 0 Å². The van der Waals surface area contributed by atoms with Crippen LogP contribution in [0, 0.1) is 0 Å². The maximum absolute atomic E-state index is 2.55. The molecule has 2 nitrogen and oxygen atoms in total. The van der Waals surface area contributed by atoms with E-state index in [0.717, 1.165) is 26.1 Å². The average Bonchev–Trinajstić information content (AvgIpc) is 2.64. The van der Waals surface area contributed by atoms with E-state index in [4.69, 9.17) is 0 Å². The molecule has 1 aliphatic carbocycles. The third-order valence-corrected chi connectivity index (χ3v) is 5.33. The summed E-state index contributed by atoms with van der Waals surface area (Å²) >= 11 is 0. The molecule has 0 fully saturated rings. The summed E-state index contributed by atoms with van der Waals surface area (Å²) in [6.07, 6.45) is 4.99. The summed E-state index contributed by atoms with van der Waals surface area (Å²) in [6, 6.07) is 20.4. The largest absolute Gasteiger partial charge is 0.305 e. The molecule has 24 heavy (non-hydrogen) atoms. The fourth-order valence-corrected chi connectivity index (χ4v) is 3.75. The number of fused-ring (bicyclic) bond motifs is 1. The first-order chi connectivity index (χ1) is 11.7. The molecular weight excluding hydrogens is 292 g/mol. The van der Waals surface area contributed by atoms with E-state index in [1.54, 1.807) is 11.1 Å². The smallest absolute Gasteiger partial charge is 0.0348 e. The molecule has 1 aliphatic rings. The SMILES string of the molecule is CN(CCc1ccccc1)CCN(C)[C@@H]1CCCc2ccccc21. The van der Waals surface area contributed by atoms with Crippen LogP contribution >= 0.6 is 0 Å². The van der Waals surface area contributed by atoms with Gasteiger partial charge in [-0.3, -0.25) is 4.90 Å². The van der Waals surface area contributed by atoms with Crippen LogP contribution in [0.1, 0.15) is 35.6 Å². The minimum absolute atomic E-state index is 0.595. The van der Waals surface area contributed by atoms with Crippen molar-refractivity contribution in [1.82, 2.24) is 9.80 Å². The summed E-state index contributed by atoms with van der Waals surface area (Å²) in [6.45, 7) is 3.38. The minimum Gasteiger partial charge on any atom is -0.305 e. The van der Waals surface area contributed by atoms with E-state index < -0.39 is 0 Å². The first-order valence-corrected chi connectivity index (χ1v) is 9.24. The van der Waals surface area contributed by atoms with Crippen LogP contribution in [0.5, 0.6) is 0 Å². The van der Waals surface area contributed by atoms with Gasteiger partial charge in [0.1, 0.15) is 0 Å². The van der Waals surface area contributed by atoms with Crippen LogP contribution < -0.4 is 0 Å². The Bertz CT molecular complexity index is 623. The van der Waals surface area contributed by atoms with Crippen LogP contribution in [-0.4, -0.2) is 43.5 Å². The molecule has 3 rings (SSSR count). The highest BCUT2D eigenvalue weighted by Crippen LogP contribution is 2.33. The Labute approximate surface area is 147 Å². The van der Waals surface area contributed by atoms with Gasteiger partial charge in [0.25, 0.3) is 0 Å². The molecule has 0 unspecified atom stereocenters. The molecule has 2 heteroatoms. The van der Waals surface area contributed by atoms with Crippen molar-refractivity contribution in [3.05, 3.63) is 71.3 Å². The summed E-state index contributed by atoms with van der Waals surface area (Å²) < 4.78 is 0. The number of rotatable bonds is 7. The zero-order valence-corrected chi connectivity index (χ0v) is 15.1. The van der Waals surface area contributed by atoms with Crippen LogP contribution in [0.4, 0.5) is 0 Å². The lowest BCUT2D eigenvalue weighted by Crippen LogP contribution is -2.35. The fourth-order valence-electron chi connectivity index (χ4n) is 3.75. The quantitative estimate of drug-likeness (QED) is 0.755. The van der Waals surface area contributed by atoms with Crippen molar-refractivity contribution in [2.75, 3.05) is 33.7 Å². The van der Waals surface area contributed by atoms with Crippen LogP contribution in [0.25, 0.3) is 0 Å². The Morgan fingerprint density at radius 1 is 0.875 bits per heavy atom. The van der Waals surface area contributed by atoms with Gasteiger partial charge >= 0.3 is 0 Å². The molecule has 1 atom stereocenters. The molecule has 0 heterocycles. The number of benzene rings is 2. The molecule has 0 aliphatic heterocycles. The van der Waals surface area contributed by atoms with Crippen molar-refractivity contribution >= 4 is 0 Å². The number of hydrogen-bond acceptors (Lipinski definition) is 2. The van der Waals surface area contributed by atoms with Gasteiger partial charge in [0.15, 0.2) is 0 Å². The average molecular weight is 322 g/mol. The predicted molar refractivity (Wildman–Crippen MR) is 102 cm³/mol. The Kier molecular flexibility index (Phi) is 6.06. The van der Waals surface area contributed by atoms with E-state index in [9.17, 15) is 0 Å². The van der Waals surface area contributed by atoms with Gasteiger partial charge in [-0.25, -0.2) is 0 Å². The topological polar surface area (TPSA) is 6.48 Å². The molecule has 0 spiro atoms. The Morgan fingerprint density at radius 2 is 1.62 bits per heavy atom. The molecule has 2 aromatic carbocycles. The second-order valence-corrected chi connectivity index (χ2v) is 7.13. The lowest BCUT2D eigenvalue weighted by atomic mass is 9.87. The summed E-state index contributed by atoms with van der Waals surface area (Å²) in [5.74, 6) is 0. The highest BCUT2D eigenvalue weighted by atomic mass is 15.2. The molecule has 0 saturated carbocycles. The van der Waals surface area contributed by atoms with E-state index in [0.29, 0.717) is 6.04 Å². The molecular formula is C22H30N2. The number of likely N-dealkylation sites (N-methyl/N-ethyl adjacent to an activating group) is 2. The fraction of sp³-hybridized carbons (Fsp3) is 0.455. The Morgan fingerprint density at radius 3 is 2.46 bits per heavy atom. The Balaban J connectivity index is 1.48. The van der Waals surface area contributed by atoms with Crippen molar-refractivity contribution in [3.8, 4) is 0 Å². The van der Waals surface area contributed by atoms with Crippen molar-refractivity contribution in [2.45, 2.75) is 31.7 Å². The lowest BCUT2D eigenvalue weighted by Gasteiger charge is -2.34. The van der Waals surface area contributed by atoms with Gasteiger partial charge in [-0.05, 0) is 56.5 Å². The van der Waals surface area contributed by atoms with Crippen LogP contribution in [0.15, 0.2) is 54.6 Å². The monoisotopic (exact) mass is 322 g/mol. The van der Waals surface area contributed by atoms with E-state index in [1.807, 2.05) is 0 Å². The third kappa shape index (κ3) is 4.46. The summed E-state index contributed by atoms with van der Waals surface area (Å²) in [5, 5.41) is 0. The molecule has 0 amide bonds. The van der Waals surface area contributed by atoms with Gasteiger partial charge in [-0.15, -0.1) is 0 Å². The van der Waals surface area contributed by atoms with Gasteiger partial charge in [-0.2, -0.15) is 0 Å². The van der Waals surface area contributed by atoms with Gasteiger partial charge in [-0.1, -0.05) is 54.6 Å². The first-order valence-electron chi connectivity index (χ1n) is 9.24. The van der Waals surface area contributed by atoms with E-state index in [-0.39, 0.29) is 0 Å². The summed E-state index contributed by atoms with van der Waals surface area (Å²) in [7, 11) is 4.53. The van der Waals surface area contributed by atoms with Gasteiger partial charge < -0.3 is 4.90 Å². The summed E-state index contributed by atoms with van der Waals surface area (Å²) in [4.78, 5) is 5.01. The van der Waals surface area contributed by atoms with Gasteiger partial charge in [0.2, 0.25) is 0 Å². The van der Waals surface area contributed by atoms with Crippen LogP contribution in [0.3, 0.4) is 0 Å². The lowest BCUT2D eigenvalue weighted by molar-refractivity contribution is 0.191. The van der Waals surface area contributed by atoms with Crippen molar-refractivity contribution < 1.29 is 0 Å². The van der Waals surface area contributed by atoms with Crippen molar-refractivity contribution in [3.63, 3.8) is 0 Å².